The van der Waals surface area contributed by atoms with E-state index in [2.05, 4.69) is 0 Å². The third kappa shape index (κ3) is 2.00. The molecule has 0 unspecified atom stereocenters. The number of hydrogen-bond donors (Lipinski definition) is 1. The molecular formula is C12H13ClO3. The van der Waals surface area contributed by atoms with Crippen LogP contribution in [0.2, 0.25) is 5.02 Å². The van der Waals surface area contributed by atoms with Crippen LogP contribution in [0, 0.1) is 5.41 Å². The Hall–Kier alpha value is -1.22. The van der Waals surface area contributed by atoms with E-state index in [1.807, 2.05) is 6.07 Å². The Morgan fingerprint density at radius 1 is 1.56 bits per heavy atom. The predicted octanol–water partition coefficient (Wildman–Crippen LogP) is 2.76. The highest BCUT2D eigenvalue weighted by Gasteiger charge is 2.50. The molecule has 0 bridgehead atoms. The van der Waals surface area contributed by atoms with E-state index < -0.39 is 11.4 Å². The van der Waals surface area contributed by atoms with Crippen molar-refractivity contribution >= 4 is 17.6 Å². The Kier molecular flexibility index (Phi) is 2.80. The van der Waals surface area contributed by atoms with Gasteiger partial charge in [-0.05, 0) is 37.0 Å². The first kappa shape index (κ1) is 11.3. The lowest BCUT2D eigenvalue weighted by atomic mass is 9.96. The Balaban J connectivity index is 2.19. The van der Waals surface area contributed by atoms with Crippen LogP contribution in [-0.2, 0) is 11.2 Å². The number of aliphatic carboxylic acids is 1. The van der Waals surface area contributed by atoms with Crippen molar-refractivity contribution in [3.8, 4) is 5.75 Å². The zero-order valence-electron chi connectivity index (χ0n) is 9.00. The SMILES string of the molecule is COc1ccc(CC2(C(=O)O)CC2)c(Cl)c1. The van der Waals surface area contributed by atoms with Gasteiger partial charge in [0.25, 0.3) is 0 Å². The molecule has 1 aliphatic rings. The summed E-state index contributed by atoms with van der Waals surface area (Å²) in [6.07, 6.45) is 1.99. The van der Waals surface area contributed by atoms with Crippen molar-refractivity contribution in [1.82, 2.24) is 0 Å². The van der Waals surface area contributed by atoms with Gasteiger partial charge in [-0.15, -0.1) is 0 Å². The smallest absolute Gasteiger partial charge is 0.309 e. The van der Waals surface area contributed by atoms with Crippen LogP contribution in [-0.4, -0.2) is 18.2 Å². The summed E-state index contributed by atoms with van der Waals surface area (Å²) in [7, 11) is 1.57. The van der Waals surface area contributed by atoms with E-state index in [1.54, 1.807) is 19.2 Å². The maximum atomic E-state index is 11.1. The first-order chi connectivity index (χ1) is 7.57. The summed E-state index contributed by atoms with van der Waals surface area (Å²) in [5, 5.41) is 9.66. The van der Waals surface area contributed by atoms with Gasteiger partial charge in [-0.2, -0.15) is 0 Å². The molecule has 1 aromatic rings. The van der Waals surface area contributed by atoms with Crippen LogP contribution in [0.25, 0.3) is 0 Å². The molecule has 0 aliphatic heterocycles. The van der Waals surface area contributed by atoms with E-state index >= 15 is 0 Å². The van der Waals surface area contributed by atoms with Crippen LogP contribution in [0.1, 0.15) is 18.4 Å². The molecule has 1 fully saturated rings. The summed E-state index contributed by atoms with van der Waals surface area (Å²) in [4.78, 5) is 11.1. The molecule has 0 heterocycles. The van der Waals surface area contributed by atoms with Gasteiger partial charge in [-0.3, -0.25) is 4.79 Å². The quantitative estimate of drug-likeness (QED) is 0.880. The average Bonchev–Trinajstić information content (AvgIpc) is 3.02. The number of ether oxygens (including phenoxy) is 1. The van der Waals surface area contributed by atoms with E-state index in [0.29, 0.717) is 17.2 Å². The molecule has 3 nitrogen and oxygen atoms in total. The molecule has 86 valence electrons. The number of methoxy groups -OCH3 is 1. The minimum absolute atomic E-state index is 0.505. The molecule has 0 radical (unpaired) electrons. The Labute approximate surface area is 99.0 Å². The van der Waals surface area contributed by atoms with Gasteiger partial charge in [0.2, 0.25) is 0 Å². The summed E-state index contributed by atoms with van der Waals surface area (Å²) < 4.78 is 5.04. The molecular weight excluding hydrogens is 228 g/mol. The number of rotatable bonds is 4. The summed E-state index contributed by atoms with van der Waals surface area (Å²) in [6.45, 7) is 0. The van der Waals surface area contributed by atoms with Crippen molar-refractivity contribution in [2.45, 2.75) is 19.3 Å². The summed E-state index contributed by atoms with van der Waals surface area (Å²) in [5.41, 5.74) is 0.306. The molecule has 0 amide bonds. The maximum Gasteiger partial charge on any atom is 0.309 e. The lowest BCUT2D eigenvalue weighted by molar-refractivity contribution is -0.143. The van der Waals surface area contributed by atoms with Crippen LogP contribution in [0.4, 0.5) is 0 Å². The molecule has 1 aliphatic carbocycles. The van der Waals surface area contributed by atoms with Crippen molar-refractivity contribution in [3.63, 3.8) is 0 Å². The molecule has 16 heavy (non-hydrogen) atoms. The number of carbonyl (C=O) groups is 1. The molecule has 4 heteroatoms. The number of carboxylic acid groups (broad SMARTS) is 1. The average molecular weight is 241 g/mol. The molecule has 2 rings (SSSR count). The number of halogens is 1. The second-order valence-corrected chi connectivity index (χ2v) is 4.63. The highest BCUT2D eigenvalue weighted by atomic mass is 35.5. The topological polar surface area (TPSA) is 46.5 Å². The van der Waals surface area contributed by atoms with Gasteiger partial charge in [0.1, 0.15) is 5.75 Å². The minimum atomic E-state index is -0.723. The second-order valence-electron chi connectivity index (χ2n) is 4.22. The van der Waals surface area contributed by atoms with Crippen molar-refractivity contribution in [1.29, 1.82) is 0 Å². The van der Waals surface area contributed by atoms with Gasteiger partial charge >= 0.3 is 5.97 Å². The molecule has 0 atom stereocenters. The third-order valence-electron chi connectivity index (χ3n) is 3.10. The molecule has 0 spiro atoms. The summed E-state index contributed by atoms with van der Waals surface area (Å²) >= 11 is 6.07. The van der Waals surface area contributed by atoms with E-state index in [1.165, 1.54) is 0 Å². The number of benzene rings is 1. The van der Waals surface area contributed by atoms with Crippen LogP contribution in [0.3, 0.4) is 0 Å². The Bertz CT molecular complexity index is 424. The fourth-order valence-electron chi connectivity index (χ4n) is 1.78. The van der Waals surface area contributed by atoms with Gasteiger partial charge in [-0.1, -0.05) is 17.7 Å². The monoisotopic (exact) mass is 240 g/mol. The predicted molar refractivity (Wildman–Crippen MR) is 61.0 cm³/mol. The molecule has 0 saturated heterocycles. The van der Waals surface area contributed by atoms with Crippen molar-refractivity contribution in [3.05, 3.63) is 28.8 Å². The fraction of sp³-hybridized carbons (Fsp3) is 0.417. The van der Waals surface area contributed by atoms with Gasteiger partial charge in [0.15, 0.2) is 0 Å². The summed E-state index contributed by atoms with van der Waals surface area (Å²) in [6, 6.07) is 5.36. The lowest BCUT2D eigenvalue weighted by Gasteiger charge is -2.11. The van der Waals surface area contributed by atoms with Crippen LogP contribution < -0.4 is 4.74 Å². The molecule has 0 aromatic heterocycles. The van der Waals surface area contributed by atoms with Crippen molar-refractivity contribution in [2.75, 3.05) is 7.11 Å². The lowest BCUT2D eigenvalue weighted by Crippen LogP contribution is -2.17. The van der Waals surface area contributed by atoms with Crippen molar-refractivity contribution < 1.29 is 14.6 Å². The zero-order valence-corrected chi connectivity index (χ0v) is 9.75. The Morgan fingerprint density at radius 3 is 2.69 bits per heavy atom. The van der Waals surface area contributed by atoms with Gasteiger partial charge in [0, 0.05) is 5.02 Å². The summed E-state index contributed by atoms with van der Waals surface area (Å²) in [5.74, 6) is -0.0340. The first-order valence-electron chi connectivity index (χ1n) is 5.13. The highest BCUT2D eigenvalue weighted by Crippen LogP contribution is 2.49. The normalized spacial score (nSPS) is 16.9. The minimum Gasteiger partial charge on any atom is -0.497 e. The number of carboxylic acids is 1. The highest BCUT2D eigenvalue weighted by molar-refractivity contribution is 6.31. The van der Waals surface area contributed by atoms with Crippen LogP contribution in [0.5, 0.6) is 5.75 Å². The number of hydrogen-bond acceptors (Lipinski definition) is 2. The molecule has 1 saturated carbocycles. The van der Waals surface area contributed by atoms with E-state index in [0.717, 1.165) is 18.4 Å². The van der Waals surface area contributed by atoms with E-state index in [4.69, 9.17) is 21.4 Å². The van der Waals surface area contributed by atoms with Crippen molar-refractivity contribution in [2.24, 2.45) is 5.41 Å². The zero-order chi connectivity index (χ0) is 11.8. The standard InChI is InChI=1S/C12H13ClO3/c1-16-9-3-2-8(10(13)6-9)7-12(4-5-12)11(14)15/h2-3,6H,4-5,7H2,1H3,(H,14,15). The molecule has 1 N–H and O–H groups in total. The van der Waals surface area contributed by atoms with E-state index in [-0.39, 0.29) is 0 Å². The van der Waals surface area contributed by atoms with Gasteiger partial charge in [0.05, 0.1) is 12.5 Å². The van der Waals surface area contributed by atoms with Crippen LogP contribution >= 0.6 is 11.6 Å². The largest absolute Gasteiger partial charge is 0.497 e. The van der Waals surface area contributed by atoms with Gasteiger partial charge in [-0.25, -0.2) is 0 Å². The maximum absolute atomic E-state index is 11.1. The van der Waals surface area contributed by atoms with E-state index in [9.17, 15) is 4.79 Å². The molecule has 1 aromatic carbocycles. The van der Waals surface area contributed by atoms with Crippen LogP contribution in [0.15, 0.2) is 18.2 Å². The Morgan fingerprint density at radius 2 is 2.25 bits per heavy atom. The fourth-order valence-corrected chi connectivity index (χ4v) is 2.02. The third-order valence-corrected chi connectivity index (χ3v) is 3.45. The first-order valence-corrected chi connectivity index (χ1v) is 5.51. The second kappa shape index (κ2) is 3.98. The van der Waals surface area contributed by atoms with Gasteiger partial charge < -0.3 is 9.84 Å².